The maximum absolute atomic E-state index is 13.0. The Bertz CT molecular complexity index is 1410. The average molecular weight is 452 g/mol. The second-order valence-electron chi connectivity index (χ2n) is 7.05. The van der Waals surface area contributed by atoms with Gasteiger partial charge >= 0.3 is 5.69 Å². The van der Waals surface area contributed by atoms with Crippen LogP contribution in [0.25, 0.3) is 11.4 Å². The minimum Gasteiger partial charge on any atom is -0.384 e. The van der Waals surface area contributed by atoms with Crippen molar-refractivity contribution in [3.05, 3.63) is 91.6 Å². The van der Waals surface area contributed by atoms with Gasteiger partial charge < -0.3 is 5.73 Å². The van der Waals surface area contributed by atoms with Gasteiger partial charge in [-0.3, -0.25) is 18.7 Å². The van der Waals surface area contributed by atoms with Crippen molar-refractivity contribution in [2.45, 2.75) is 13.1 Å². The number of hydrogen-bond acceptors (Lipinski definition) is 7. The quantitative estimate of drug-likeness (QED) is 0.438. The Hall–Kier alpha value is -4.05. The van der Waals surface area contributed by atoms with Crippen molar-refractivity contribution < 1.29 is 4.79 Å². The van der Waals surface area contributed by atoms with Crippen LogP contribution in [0.2, 0.25) is 5.02 Å². The lowest BCUT2D eigenvalue weighted by molar-refractivity contribution is 0.0959. The van der Waals surface area contributed by atoms with E-state index in [1.54, 1.807) is 24.3 Å². The Kier molecular flexibility index (Phi) is 5.69. The first-order chi connectivity index (χ1) is 15.3. The number of carbonyl (C=O) groups is 1. The summed E-state index contributed by atoms with van der Waals surface area (Å²) in [7, 11) is 1.30. The zero-order valence-corrected chi connectivity index (χ0v) is 17.7. The molecule has 162 valence electrons. The lowest BCUT2D eigenvalue weighted by atomic mass is 10.1. The zero-order valence-electron chi connectivity index (χ0n) is 17.0. The minimum absolute atomic E-state index is 0.113. The monoisotopic (exact) mass is 451 g/mol. The highest BCUT2D eigenvalue weighted by Gasteiger charge is 2.23. The first-order valence-corrected chi connectivity index (χ1v) is 9.93. The van der Waals surface area contributed by atoms with E-state index in [1.807, 2.05) is 30.3 Å². The topological polar surface area (TPSA) is 131 Å². The van der Waals surface area contributed by atoms with Crippen molar-refractivity contribution in [3.8, 4) is 11.4 Å². The molecule has 4 aromatic rings. The molecule has 0 atom stereocenters. The lowest BCUT2D eigenvalue weighted by Gasteiger charge is -2.14. The van der Waals surface area contributed by atoms with Crippen molar-refractivity contribution in [1.29, 1.82) is 0 Å². The standard InChI is InChI=1S/C21H18ClN7O3/c1-27-20(31)17(18(23)28(21(27)32)11-13-5-3-2-4-6-13)16(30)12-29-25-19(24-26-29)14-7-9-15(22)10-8-14/h2-10H,11-12,23H2,1H3. The number of nitrogen functional groups attached to an aromatic ring is 1. The molecule has 0 aliphatic carbocycles. The molecule has 0 spiro atoms. The van der Waals surface area contributed by atoms with Crippen molar-refractivity contribution in [2.24, 2.45) is 7.05 Å². The highest BCUT2D eigenvalue weighted by atomic mass is 35.5. The largest absolute Gasteiger partial charge is 0.384 e. The van der Waals surface area contributed by atoms with E-state index in [4.69, 9.17) is 17.3 Å². The van der Waals surface area contributed by atoms with Crippen LogP contribution >= 0.6 is 11.6 Å². The molecule has 4 rings (SSSR count). The van der Waals surface area contributed by atoms with Gasteiger partial charge in [-0.1, -0.05) is 41.9 Å². The average Bonchev–Trinajstić information content (AvgIpc) is 3.25. The van der Waals surface area contributed by atoms with E-state index in [9.17, 15) is 14.4 Å². The number of hydrogen-bond donors (Lipinski definition) is 1. The number of anilines is 1. The molecule has 11 heteroatoms. The summed E-state index contributed by atoms with van der Waals surface area (Å²) in [6, 6.07) is 15.9. The molecular formula is C21H18ClN7O3. The summed E-state index contributed by atoms with van der Waals surface area (Å²) in [4.78, 5) is 39.3. The number of benzene rings is 2. The molecule has 2 N–H and O–H groups in total. The highest BCUT2D eigenvalue weighted by Crippen LogP contribution is 2.17. The second-order valence-corrected chi connectivity index (χ2v) is 7.49. The number of nitrogens with zero attached hydrogens (tertiary/aromatic N) is 6. The van der Waals surface area contributed by atoms with Gasteiger partial charge in [0.25, 0.3) is 5.56 Å². The predicted octanol–water partition coefficient (Wildman–Crippen LogP) is 1.37. The summed E-state index contributed by atoms with van der Waals surface area (Å²) >= 11 is 5.88. The van der Waals surface area contributed by atoms with Gasteiger partial charge in [-0.25, -0.2) is 4.79 Å². The molecule has 2 aromatic carbocycles. The van der Waals surface area contributed by atoms with E-state index in [0.717, 1.165) is 14.9 Å². The van der Waals surface area contributed by atoms with Gasteiger partial charge in [0, 0.05) is 17.6 Å². The van der Waals surface area contributed by atoms with Gasteiger partial charge in [-0.15, -0.1) is 10.2 Å². The van der Waals surface area contributed by atoms with Gasteiger partial charge in [0.1, 0.15) is 17.9 Å². The van der Waals surface area contributed by atoms with Gasteiger partial charge in [-0.2, -0.15) is 4.80 Å². The number of halogens is 1. The maximum atomic E-state index is 13.0. The molecule has 0 bridgehead atoms. The lowest BCUT2D eigenvalue weighted by Crippen LogP contribution is -2.43. The van der Waals surface area contributed by atoms with Crippen LogP contribution in [-0.4, -0.2) is 35.1 Å². The van der Waals surface area contributed by atoms with Gasteiger partial charge in [-0.05, 0) is 35.0 Å². The van der Waals surface area contributed by atoms with Crippen LogP contribution in [0.15, 0.2) is 64.2 Å². The summed E-state index contributed by atoms with van der Waals surface area (Å²) in [5, 5.41) is 12.5. The fourth-order valence-electron chi connectivity index (χ4n) is 3.20. The van der Waals surface area contributed by atoms with Crippen molar-refractivity contribution in [1.82, 2.24) is 29.3 Å². The molecule has 0 saturated heterocycles. The summed E-state index contributed by atoms with van der Waals surface area (Å²) < 4.78 is 2.05. The van der Waals surface area contributed by atoms with Crippen LogP contribution in [0, 0.1) is 0 Å². The fourth-order valence-corrected chi connectivity index (χ4v) is 3.32. The fraction of sp³-hybridized carbons (Fsp3) is 0.143. The molecule has 0 unspecified atom stereocenters. The molecule has 0 radical (unpaired) electrons. The molecule has 0 aliphatic rings. The van der Waals surface area contributed by atoms with Gasteiger partial charge in [0.05, 0.1) is 6.54 Å². The van der Waals surface area contributed by atoms with Gasteiger partial charge in [0.2, 0.25) is 5.82 Å². The molecule has 32 heavy (non-hydrogen) atoms. The maximum Gasteiger partial charge on any atom is 0.332 e. The Morgan fingerprint density at radius 2 is 1.75 bits per heavy atom. The Morgan fingerprint density at radius 1 is 1.06 bits per heavy atom. The third-order valence-corrected chi connectivity index (χ3v) is 5.14. The Morgan fingerprint density at radius 3 is 2.44 bits per heavy atom. The van der Waals surface area contributed by atoms with Crippen LogP contribution in [0.5, 0.6) is 0 Å². The first-order valence-electron chi connectivity index (χ1n) is 9.55. The third-order valence-electron chi connectivity index (χ3n) is 4.89. The third kappa shape index (κ3) is 4.08. The number of ketones is 1. The molecule has 2 heterocycles. The van der Waals surface area contributed by atoms with Crippen molar-refractivity contribution in [3.63, 3.8) is 0 Å². The Balaban J connectivity index is 1.66. The normalized spacial score (nSPS) is 10.9. The molecule has 0 amide bonds. The van der Waals surface area contributed by atoms with E-state index in [1.165, 1.54) is 11.6 Å². The Labute approximate surface area is 186 Å². The van der Waals surface area contributed by atoms with Crippen LogP contribution in [-0.2, 0) is 20.1 Å². The zero-order chi connectivity index (χ0) is 22.8. The van der Waals surface area contributed by atoms with Crippen molar-refractivity contribution >= 4 is 23.2 Å². The molecule has 2 aromatic heterocycles. The summed E-state index contributed by atoms with van der Waals surface area (Å²) in [5.41, 5.74) is 5.89. The van der Waals surface area contributed by atoms with Crippen LogP contribution in [0.4, 0.5) is 5.82 Å². The van der Waals surface area contributed by atoms with Crippen LogP contribution in [0.3, 0.4) is 0 Å². The first kappa shape index (κ1) is 21.2. The number of nitrogens with two attached hydrogens (primary N) is 1. The number of rotatable bonds is 6. The minimum atomic E-state index is -0.778. The van der Waals surface area contributed by atoms with E-state index >= 15 is 0 Å². The number of aromatic nitrogens is 6. The summed E-state index contributed by atoms with van der Waals surface area (Å²) in [6.45, 7) is -0.258. The predicted molar refractivity (Wildman–Crippen MR) is 118 cm³/mol. The SMILES string of the molecule is Cn1c(=O)c(C(=O)Cn2nnc(-c3ccc(Cl)cc3)n2)c(N)n(Cc2ccccc2)c1=O. The molecule has 10 nitrogen and oxygen atoms in total. The molecule has 0 saturated carbocycles. The van der Waals surface area contributed by atoms with Crippen LogP contribution in [0.1, 0.15) is 15.9 Å². The van der Waals surface area contributed by atoms with Crippen LogP contribution < -0.4 is 17.0 Å². The van der Waals surface area contributed by atoms with Crippen molar-refractivity contribution in [2.75, 3.05) is 5.73 Å². The van der Waals surface area contributed by atoms with E-state index in [2.05, 4.69) is 15.4 Å². The molecule has 0 aliphatic heterocycles. The number of carbonyl (C=O) groups excluding carboxylic acids is 1. The van der Waals surface area contributed by atoms with Gasteiger partial charge in [0.15, 0.2) is 5.78 Å². The summed E-state index contributed by atoms with van der Waals surface area (Å²) in [5.74, 6) is -0.542. The van der Waals surface area contributed by atoms with E-state index in [-0.39, 0.29) is 24.5 Å². The second kappa shape index (κ2) is 8.60. The number of tetrazole rings is 1. The van der Waals surface area contributed by atoms with E-state index < -0.39 is 17.0 Å². The highest BCUT2D eigenvalue weighted by molar-refractivity contribution is 6.30. The molecule has 0 fully saturated rings. The smallest absolute Gasteiger partial charge is 0.332 e. The summed E-state index contributed by atoms with van der Waals surface area (Å²) in [6.07, 6.45) is 0. The van der Waals surface area contributed by atoms with E-state index in [0.29, 0.717) is 16.4 Å². The number of Topliss-reactive ketones (excluding diaryl/α,β-unsaturated/α-hetero) is 1. The molecular weight excluding hydrogens is 434 g/mol.